The van der Waals surface area contributed by atoms with Crippen LogP contribution in [0, 0.1) is 11.5 Å². The van der Waals surface area contributed by atoms with Gasteiger partial charge in [0.25, 0.3) is 0 Å². The van der Waals surface area contributed by atoms with Crippen molar-refractivity contribution in [1.82, 2.24) is 15.1 Å². The van der Waals surface area contributed by atoms with Crippen molar-refractivity contribution in [1.29, 1.82) is 5.26 Å². The van der Waals surface area contributed by atoms with E-state index >= 15 is 0 Å². The molecular formula is C21H25F3N6O2. The van der Waals surface area contributed by atoms with Crippen molar-refractivity contribution >= 4 is 23.5 Å². The minimum atomic E-state index is -4.52. The van der Waals surface area contributed by atoms with Gasteiger partial charge in [-0.3, -0.25) is 14.9 Å². The standard InChI is InChI=1S/C21H25F3N6O2/c22-21(23,24)15-6-5-7-16(12-15)27-20(26-14-25)28-17-8-1-2-11-30(19(17)32)13-18(31)29-9-3-4-10-29/h5-7,12,17H,1-4,8-11,13H2,(H2,26,27,28)/t17-/m0/s1. The van der Waals surface area contributed by atoms with Gasteiger partial charge >= 0.3 is 6.18 Å². The van der Waals surface area contributed by atoms with E-state index in [4.69, 9.17) is 5.26 Å². The highest BCUT2D eigenvalue weighted by atomic mass is 19.4. The summed E-state index contributed by atoms with van der Waals surface area (Å²) in [5, 5.41) is 14.0. The third-order valence-electron chi connectivity index (χ3n) is 5.45. The summed E-state index contributed by atoms with van der Waals surface area (Å²) in [6, 6.07) is 3.61. The molecule has 1 aromatic carbocycles. The smallest absolute Gasteiger partial charge is 0.341 e. The first-order chi connectivity index (χ1) is 15.3. The average molecular weight is 450 g/mol. The van der Waals surface area contributed by atoms with E-state index in [1.807, 2.05) is 0 Å². The highest BCUT2D eigenvalue weighted by Gasteiger charge is 2.31. The summed E-state index contributed by atoms with van der Waals surface area (Å²) in [5.74, 6) is -0.561. The number of alkyl halides is 3. The second kappa shape index (κ2) is 10.3. The van der Waals surface area contributed by atoms with Crippen molar-refractivity contribution < 1.29 is 22.8 Å². The van der Waals surface area contributed by atoms with Gasteiger partial charge < -0.3 is 15.1 Å². The molecule has 2 aliphatic rings. The van der Waals surface area contributed by atoms with Crippen molar-refractivity contribution in [3.63, 3.8) is 0 Å². The second-order valence-electron chi connectivity index (χ2n) is 7.78. The van der Waals surface area contributed by atoms with E-state index in [1.165, 1.54) is 17.0 Å². The zero-order valence-corrected chi connectivity index (χ0v) is 17.5. The molecule has 0 aromatic heterocycles. The molecule has 0 aliphatic carbocycles. The number of hydrogen-bond donors (Lipinski definition) is 2. The van der Waals surface area contributed by atoms with Gasteiger partial charge in [-0.25, -0.2) is 4.99 Å². The summed E-state index contributed by atoms with van der Waals surface area (Å²) >= 11 is 0. The Labute approximate surface area is 184 Å². The topological polar surface area (TPSA) is 101 Å². The molecule has 8 nitrogen and oxygen atoms in total. The SMILES string of the molecule is N#CNC(=N[C@H]1CCCCN(CC(=O)N2CCCC2)C1=O)Nc1cccc(C(F)(F)F)c1. The molecule has 1 aromatic rings. The molecule has 32 heavy (non-hydrogen) atoms. The number of halogens is 3. The summed E-state index contributed by atoms with van der Waals surface area (Å²) in [6.07, 6.45) is 0.895. The van der Waals surface area contributed by atoms with Crippen molar-refractivity contribution in [3.8, 4) is 6.19 Å². The molecule has 0 unspecified atom stereocenters. The van der Waals surface area contributed by atoms with Crippen molar-refractivity contribution in [3.05, 3.63) is 29.8 Å². The zero-order valence-electron chi connectivity index (χ0n) is 17.5. The molecule has 3 rings (SSSR count). The summed E-state index contributed by atoms with van der Waals surface area (Å²) in [5.41, 5.74) is -0.778. The van der Waals surface area contributed by atoms with Gasteiger partial charge in [0.2, 0.25) is 17.8 Å². The average Bonchev–Trinajstić information content (AvgIpc) is 3.24. The van der Waals surface area contributed by atoms with Crippen LogP contribution in [0.15, 0.2) is 29.3 Å². The Morgan fingerprint density at radius 2 is 1.91 bits per heavy atom. The first-order valence-corrected chi connectivity index (χ1v) is 10.5. The molecule has 172 valence electrons. The maximum absolute atomic E-state index is 13.0. The van der Waals surface area contributed by atoms with Gasteiger partial charge in [-0.2, -0.15) is 18.4 Å². The lowest BCUT2D eigenvalue weighted by atomic mass is 10.1. The highest BCUT2D eigenvalue weighted by molar-refractivity contribution is 5.97. The number of nitriles is 1. The fourth-order valence-electron chi connectivity index (χ4n) is 3.81. The molecule has 2 saturated heterocycles. The summed E-state index contributed by atoms with van der Waals surface area (Å²) in [4.78, 5) is 33.0. The van der Waals surface area contributed by atoms with Crippen molar-refractivity contribution in [2.45, 2.75) is 44.3 Å². The lowest BCUT2D eigenvalue weighted by Gasteiger charge is -2.25. The lowest BCUT2D eigenvalue weighted by molar-refractivity contribution is -0.140. The molecule has 2 amide bonds. The van der Waals surface area contributed by atoms with Crippen LogP contribution in [0.25, 0.3) is 0 Å². The third kappa shape index (κ3) is 6.12. The van der Waals surface area contributed by atoms with Crippen LogP contribution < -0.4 is 10.6 Å². The van der Waals surface area contributed by atoms with Gasteiger partial charge in [-0.05, 0) is 50.3 Å². The Morgan fingerprint density at radius 3 is 2.59 bits per heavy atom. The number of carbonyl (C=O) groups is 2. The highest BCUT2D eigenvalue weighted by Crippen LogP contribution is 2.30. The molecule has 0 saturated carbocycles. The van der Waals surface area contributed by atoms with E-state index in [1.54, 1.807) is 11.1 Å². The fraction of sp³-hybridized carbons (Fsp3) is 0.524. The number of nitrogens with zero attached hydrogens (tertiary/aromatic N) is 4. The van der Waals surface area contributed by atoms with Crippen molar-refractivity contribution in [2.75, 3.05) is 31.5 Å². The maximum Gasteiger partial charge on any atom is 0.416 e. The van der Waals surface area contributed by atoms with Crippen LogP contribution in [-0.4, -0.2) is 59.8 Å². The Bertz CT molecular complexity index is 906. The van der Waals surface area contributed by atoms with Gasteiger partial charge in [-0.1, -0.05) is 6.07 Å². The molecular weight excluding hydrogens is 425 g/mol. The summed E-state index contributed by atoms with van der Waals surface area (Å²) < 4.78 is 38.9. The molecule has 11 heteroatoms. The van der Waals surface area contributed by atoms with Gasteiger partial charge in [0.1, 0.15) is 6.04 Å². The Hall–Kier alpha value is -3.29. The normalized spacial score (nSPS) is 20.0. The number of benzene rings is 1. The number of anilines is 1. The summed E-state index contributed by atoms with van der Waals surface area (Å²) in [7, 11) is 0. The van der Waals surface area contributed by atoms with Crippen molar-refractivity contribution in [2.24, 2.45) is 4.99 Å². The van der Waals surface area contributed by atoms with Gasteiger partial charge in [-0.15, -0.1) is 0 Å². The van der Waals surface area contributed by atoms with E-state index < -0.39 is 17.8 Å². The predicted molar refractivity (Wildman–Crippen MR) is 111 cm³/mol. The van der Waals surface area contributed by atoms with Crippen LogP contribution in [0.5, 0.6) is 0 Å². The minimum Gasteiger partial charge on any atom is -0.341 e. The molecule has 2 N–H and O–H groups in total. The fourth-order valence-corrected chi connectivity index (χ4v) is 3.81. The number of amides is 2. The number of likely N-dealkylation sites (tertiary alicyclic amines) is 2. The van der Waals surface area contributed by atoms with E-state index in [2.05, 4.69) is 15.6 Å². The Balaban J connectivity index is 1.75. The van der Waals surface area contributed by atoms with Crippen LogP contribution in [-0.2, 0) is 15.8 Å². The number of rotatable bonds is 4. The van der Waals surface area contributed by atoms with Crippen LogP contribution in [0.4, 0.5) is 18.9 Å². The largest absolute Gasteiger partial charge is 0.416 e. The second-order valence-corrected chi connectivity index (χ2v) is 7.78. The number of carbonyl (C=O) groups excluding carboxylic acids is 2. The van der Waals surface area contributed by atoms with Crippen LogP contribution in [0.3, 0.4) is 0 Å². The maximum atomic E-state index is 13.0. The van der Waals surface area contributed by atoms with Gasteiger partial charge in [0.05, 0.1) is 12.1 Å². The lowest BCUT2D eigenvalue weighted by Crippen LogP contribution is -2.45. The van der Waals surface area contributed by atoms with E-state index in [0.717, 1.165) is 25.0 Å². The van der Waals surface area contributed by atoms with E-state index in [9.17, 15) is 22.8 Å². The molecule has 0 spiro atoms. The number of hydrogen-bond acceptors (Lipinski definition) is 4. The first kappa shape index (κ1) is 23.4. The van der Waals surface area contributed by atoms with Gasteiger partial charge in [0, 0.05) is 25.3 Å². The van der Waals surface area contributed by atoms with E-state index in [0.29, 0.717) is 38.9 Å². The number of aliphatic imine (C=N–C) groups is 1. The quantitative estimate of drug-likeness (QED) is 0.318. The monoisotopic (exact) mass is 450 g/mol. The Kier molecular flexibility index (Phi) is 7.56. The first-order valence-electron chi connectivity index (χ1n) is 10.5. The number of guanidine groups is 1. The molecule has 1 atom stereocenters. The zero-order chi connectivity index (χ0) is 23.1. The van der Waals surface area contributed by atoms with Crippen LogP contribution >= 0.6 is 0 Å². The minimum absolute atomic E-state index is 0.0209. The molecule has 2 aliphatic heterocycles. The third-order valence-corrected chi connectivity index (χ3v) is 5.45. The number of nitrogens with one attached hydrogen (secondary N) is 2. The molecule has 2 fully saturated rings. The Morgan fingerprint density at radius 1 is 1.19 bits per heavy atom. The summed E-state index contributed by atoms with van der Waals surface area (Å²) in [6.45, 7) is 1.80. The molecule has 0 bridgehead atoms. The van der Waals surface area contributed by atoms with Crippen LogP contribution in [0.1, 0.15) is 37.7 Å². The van der Waals surface area contributed by atoms with Crippen LogP contribution in [0.2, 0.25) is 0 Å². The predicted octanol–water partition coefficient (Wildman–Crippen LogP) is 2.55. The molecule has 0 radical (unpaired) electrons. The van der Waals surface area contributed by atoms with E-state index in [-0.39, 0.29) is 30.0 Å². The molecule has 2 heterocycles. The van der Waals surface area contributed by atoms with Gasteiger partial charge in [0.15, 0.2) is 6.19 Å².